The number of rotatable bonds is 5. The van der Waals surface area contributed by atoms with Gasteiger partial charge in [0.1, 0.15) is 28.7 Å². The summed E-state index contributed by atoms with van der Waals surface area (Å²) in [5.74, 6) is 1.75. The predicted octanol–water partition coefficient (Wildman–Crippen LogP) is 4.77. The SMILES string of the molecule is COc1ccc(C=C2Oc3c(ccc4c3C(c3ccccc3OC)CC(=O)O4)C2=O)c(OC)c1. The molecule has 7 nitrogen and oxygen atoms in total. The van der Waals surface area contributed by atoms with Gasteiger partial charge in [0.15, 0.2) is 5.76 Å². The summed E-state index contributed by atoms with van der Waals surface area (Å²) in [6.45, 7) is 0. The molecule has 0 amide bonds. The van der Waals surface area contributed by atoms with Crippen LogP contribution in [0.25, 0.3) is 6.08 Å². The van der Waals surface area contributed by atoms with Crippen LogP contribution in [0.2, 0.25) is 0 Å². The van der Waals surface area contributed by atoms with Crippen molar-refractivity contribution in [1.29, 1.82) is 0 Å². The zero-order valence-corrected chi connectivity index (χ0v) is 18.9. The molecular weight excluding hydrogens is 436 g/mol. The van der Waals surface area contributed by atoms with Crippen LogP contribution in [-0.4, -0.2) is 33.1 Å². The predicted molar refractivity (Wildman–Crippen MR) is 124 cm³/mol. The van der Waals surface area contributed by atoms with Crippen molar-refractivity contribution in [3.05, 3.63) is 82.6 Å². The molecule has 1 unspecified atom stereocenters. The van der Waals surface area contributed by atoms with Crippen molar-refractivity contribution in [2.24, 2.45) is 0 Å². The van der Waals surface area contributed by atoms with Gasteiger partial charge in [-0.15, -0.1) is 0 Å². The largest absolute Gasteiger partial charge is 0.497 e. The molecule has 1 atom stereocenters. The first-order chi connectivity index (χ1) is 16.5. The van der Waals surface area contributed by atoms with Gasteiger partial charge in [0.25, 0.3) is 0 Å². The molecule has 0 saturated carbocycles. The molecule has 0 spiro atoms. The van der Waals surface area contributed by atoms with Gasteiger partial charge in [0.05, 0.1) is 33.3 Å². The van der Waals surface area contributed by atoms with E-state index in [0.29, 0.717) is 45.4 Å². The minimum Gasteiger partial charge on any atom is -0.497 e. The Morgan fingerprint density at radius 2 is 1.68 bits per heavy atom. The molecule has 172 valence electrons. The monoisotopic (exact) mass is 458 g/mol. The minimum absolute atomic E-state index is 0.104. The van der Waals surface area contributed by atoms with Gasteiger partial charge in [0, 0.05) is 28.7 Å². The topological polar surface area (TPSA) is 80.3 Å². The van der Waals surface area contributed by atoms with Crippen molar-refractivity contribution in [3.8, 4) is 28.7 Å². The molecule has 0 aliphatic carbocycles. The van der Waals surface area contributed by atoms with E-state index < -0.39 is 0 Å². The first-order valence-corrected chi connectivity index (χ1v) is 10.7. The third-order valence-corrected chi connectivity index (χ3v) is 6.02. The maximum absolute atomic E-state index is 13.2. The van der Waals surface area contributed by atoms with Gasteiger partial charge in [-0.05, 0) is 36.4 Å². The summed E-state index contributed by atoms with van der Waals surface area (Å²) in [4.78, 5) is 25.6. The number of fused-ring (bicyclic) bond motifs is 3. The molecule has 34 heavy (non-hydrogen) atoms. The van der Waals surface area contributed by atoms with Gasteiger partial charge in [-0.25, -0.2) is 0 Å². The number of benzene rings is 3. The summed E-state index contributed by atoms with van der Waals surface area (Å²) >= 11 is 0. The number of allylic oxidation sites excluding steroid dienone is 1. The lowest BCUT2D eigenvalue weighted by Gasteiger charge is -2.27. The van der Waals surface area contributed by atoms with Crippen molar-refractivity contribution < 1.29 is 33.3 Å². The molecule has 2 heterocycles. The van der Waals surface area contributed by atoms with Crippen LogP contribution < -0.4 is 23.7 Å². The van der Waals surface area contributed by atoms with Gasteiger partial charge in [0.2, 0.25) is 5.78 Å². The Balaban J connectivity index is 1.61. The van der Waals surface area contributed by atoms with Crippen molar-refractivity contribution in [1.82, 2.24) is 0 Å². The number of hydrogen-bond donors (Lipinski definition) is 0. The lowest BCUT2D eigenvalue weighted by atomic mass is 9.84. The van der Waals surface area contributed by atoms with E-state index in [0.717, 1.165) is 5.56 Å². The van der Waals surface area contributed by atoms with E-state index >= 15 is 0 Å². The molecule has 0 saturated heterocycles. The number of carbonyl (C=O) groups is 2. The smallest absolute Gasteiger partial charge is 0.312 e. The normalized spacial score (nSPS) is 17.5. The third kappa shape index (κ3) is 3.55. The maximum atomic E-state index is 13.2. The van der Waals surface area contributed by atoms with Crippen molar-refractivity contribution in [2.75, 3.05) is 21.3 Å². The highest BCUT2D eigenvalue weighted by Crippen LogP contribution is 2.50. The van der Waals surface area contributed by atoms with Crippen LogP contribution in [0, 0.1) is 0 Å². The van der Waals surface area contributed by atoms with Crippen LogP contribution in [0.15, 0.2) is 60.4 Å². The van der Waals surface area contributed by atoms with Crippen molar-refractivity contribution >= 4 is 17.8 Å². The second kappa shape index (κ2) is 8.59. The van der Waals surface area contributed by atoms with Gasteiger partial charge in [-0.3, -0.25) is 9.59 Å². The van der Waals surface area contributed by atoms with Crippen LogP contribution >= 0.6 is 0 Å². The lowest BCUT2D eigenvalue weighted by molar-refractivity contribution is -0.135. The number of ether oxygens (including phenoxy) is 5. The van der Waals surface area contributed by atoms with Crippen LogP contribution in [0.4, 0.5) is 0 Å². The number of Topliss-reactive ketones (excluding diaryl/α,β-unsaturated/α-hetero) is 1. The Morgan fingerprint density at radius 3 is 2.44 bits per heavy atom. The number of carbonyl (C=O) groups excluding carboxylic acids is 2. The first-order valence-electron chi connectivity index (χ1n) is 10.7. The highest BCUT2D eigenvalue weighted by atomic mass is 16.5. The zero-order chi connectivity index (χ0) is 23.8. The second-order valence-electron chi connectivity index (χ2n) is 7.87. The van der Waals surface area contributed by atoms with Crippen LogP contribution in [0.5, 0.6) is 28.7 Å². The number of ketones is 1. The summed E-state index contributed by atoms with van der Waals surface area (Å²) in [7, 11) is 4.70. The van der Waals surface area contributed by atoms with Crippen LogP contribution in [0.3, 0.4) is 0 Å². The number of hydrogen-bond acceptors (Lipinski definition) is 7. The standard InChI is InChI=1S/C27H22O7/c1-30-16-9-8-15(22(13-16)32-3)12-23-26(29)18-10-11-21-25(27(18)34-23)19(14-24(28)33-21)17-6-4-5-7-20(17)31-2/h4-13,19H,14H2,1-3H3. The highest BCUT2D eigenvalue weighted by molar-refractivity contribution is 6.15. The van der Waals surface area contributed by atoms with Gasteiger partial charge >= 0.3 is 5.97 Å². The van der Waals surface area contributed by atoms with Crippen molar-refractivity contribution in [2.45, 2.75) is 12.3 Å². The molecule has 7 heteroatoms. The zero-order valence-electron chi connectivity index (χ0n) is 18.9. The Morgan fingerprint density at radius 1 is 0.882 bits per heavy atom. The molecule has 0 aromatic heterocycles. The second-order valence-corrected chi connectivity index (χ2v) is 7.87. The van der Waals surface area contributed by atoms with E-state index in [2.05, 4.69) is 0 Å². The molecule has 2 aliphatic rings. The average molecular weight is 458 g/mol. The van der Waals surface area contributed by atoms with Gasteiger partial charge in [-0.2, -0.15) is 0 Å². The summed E-state index contributed by atoms with van der Waals surface area (Å²) < 4.78 is 27.9. The van der Waals surface area contributed by atoms with E-state index in [1.165, 1.54) is 0 Å². The van der Waals surface area contributed by atoms with E-state index in [-0.39, 0.29) is 29.9 Å². The van der Waals surface area contributed by atoms with Gasteiger partial charge < -0.3 is 23.7 Å². The Kier molecular flexibility index (Phi) is 5.45. The third-order valence-electron chi connectivity index (χ3n) is 6.02. The van der Waals surface area contributed by atoms with Crippen LogP contribution in [0.1, 0.15) is 39.4 Å². The fourth-order valence-corrected chi connectivity index (χ4v) is 4.40. The quantitative estimate of drug-likeness (QED) is 0.310. The molecule has 3 aromatic rings. The molecule has 0 bridgehead atoms. The van der Waals surface area contributed by atoms with E-state index in [9.17, 15) is 9.59 Å². The van der Waals surface area contributed by atoms with Crippen molar-refractivity contribution in [3.63, 3.8) is 0 Å². The number of esters is 1. The maximum Gasteiger partial charge on any atom is 0.312 e. The van der Waals surface area contributed by atoms with E-state index in [4.69, 9.17) is 23.7 Å². The Hall–Kier alpha value is -4.26. The van der Waals surface area contributed by atoms with Gasteiger partial charge in [-0.1, -0.05) is 18.2 Å². The van der Waals surface area contributed by atoms with E-state index in [1.54, 1.807) is 57.7 Å². The Labute approximate surface area is 196 Å². The molecule has 0 fully saturated rings. The van der Waals surface area contributed by atoms with E-state index in [1.807, 2.05) is 24.3 Å². The molecule has 5 rings (SSSR count). The van der Waals surface area contributed by atoms with Crippen LogP contribution in [-0.2, 0) is 4.79 Å². The molecule has 2 aliphatic heterocycles. The molecule has 0 radical (unpaired) electrons. The fraction of sp³-hybridized carbons (Fsp3) is 0.185. The summed E-state index contributed by atoms with van der Waals surface area (Å²) in [5.41, 5.74) is 2.55. The fourth-order valence-electron chi connectivity index (χ4n) is 4.40. The minimum atomic E-state index is -0.384. The average Bonchev–Trinajstić information content (AvgIpc) is 3.18. The summed E-state index contributed by atoms with van der Waals surface area (Å²) in [6, 6.07) is 16.1. The Bertz CT molecular complexity index is 1340. The molecule has 0 N–H and O–H groups in total. The summed E-state index contributed by atoms with van der Waals surface area (Å²) in [6.07, 6.45) is 1.74. The molecule has 3 aromatic carbocycles. The lowest BCUT2D eigenvalue weighted by Crippen LogP contribution is -2.22. The summed E-state index contributed by atoms with van der Waals surface area (Å²) in [5, 5.41) is 0. The highest BCUT2D eigenvalue weighted by Gasteiger charge is 2.39. The molecular formula is C27H22O7. The number of para-hydroxylation sites is 1. The first kappa shape index (κ1) is 21.6. The number of methoxy groups -OCH3 is 3.